The highest BCUT2D eigenvalue weighted by molar-refractivity contribution is 5.58. The monoisotopic (exact) mass is 162 g/mol. The SMILES string of the molecule is CNc1cc(-c2ccc[nH]2)[nH]n1. The van der Waals surface area contributed by atoms with E-state index >= 15 is 0 Å². The number of aromatic amines is 2. The molecular weight excluding hydrogens is 152 g/mol. The highest BCUT2D eigenvalue weighted by Gasteiger charge is 2.01. The van der Waals surface area contributed by atoms with Gasteiger partial charge in [-0.25, -0.2) is 0 Å². The lowest BCUT2D eigenvalue weighted by atomic mass is 10.3. The van der Waals surface area contributed by atoms with E-state index in [4.69, 9.17) is 0 Å². The van der Waals surface area contributed by atoms with Crippen molar-refractivity contribution in [2.45, 2.75) is 0 Å². The molecule has 4 heteroatoms. The van der Waals surface area contributed by atoms with Crippen molar-refractivity contribution in [2.24, 2.45) is 0 Å². The molecule has 2 aromatic heterocycles. The number of anilines is 1. The summed E-state index contributed by atoms with van der Waals surface area (Å²) in [6.45, 7) is 0. The van der Waals surface area contributed by atoms with Gasteiger partial charge in [-0.05, 0) is 12.1 Å². The molecule has 12 heavy (non-hydrogen) atoms. The topological polar surface area (TPSA) is 56.5 Å². The number of nitrogens with one attached hydrogen (secondary N) is 3. The van der Waals surface area contributed by atoms with E-state index in [9.17, 15) is 0 Å². The maximum absolute atomic E-state index is 4.03. The first kappa shape index (κ1) is 6.97. The molecule has 0 radical (unpaired) electrons. The molecule has 2 heterocycles. The van der Waals surface area contributed by atoms with Crippen LogP contribution in [0.3, 0.4) is 0 Å². The van der Waals surface area contributed by atoms with Crippen LogP contribution in [0.2, 0.25) is 0 Å². The van der Waals surface area contributed by atoms with Gasteiger partial charge >= 0.3 is 0 Å². The summed E-state index contributed by atoms with van der Waals surface area (Å²) in [5.41, 5.74) is 2.04. The number of nitrogens with zero attached hydrogens (tertiary/aromatic N) is 1. The summed E-state index contributed by atoms with van der Waals surface area (Å²) in [6, 6.07) is 5.90. The van der Waals surface area contributed by atoms with E-state index in [0.717, 1.165) is 17.2 Å². The van der Waals surface area contributed by atoms with Gasteiger partial charge in [-0.1, -0.05) is 0 Å². The fraction of sp³-hybridized carbons (Fsp3) is 0.125. The number of hydrogen-bond acceptors (Lipinski definition) is 2. The summed E-state index contributed by atoms with van der Waals surface area (Å²) in [6.07, 6.45) is 1.88. The van der Waals surface area contributed by atoms with Crippen molar-refractivity contribution in [1.29, 1.82) is 0 Å². The first-order valence-electron chi connectivity index (χ1n) is 3.77. The van der Waals surface area contributed by atoms with Gasteiger partial charge in [0, 0.05) is 19.3 Å². The van der Waals surface area contributed by atoms with E-state index < -0.39 is 0 Å². The third-order valence-corrected chi connectivity index (χ3v) is 1.72. The van der Waals surface area contributed by atoms with Gasteiger partial charge in [0.05, 0.1) is 11.4 Å². The molecular formula is C8H10N4. The summed E-state index contributed by atoms with van der Waals surface area (Å²) >= 11 is 0. The summed E-state index contributed by atoms with van der Waals surface area (Å²) < 4.78 is 0. The van der Waals surface area contributed by atoms with Crippen molar-refractivity contribution >= 4 is 5.82 Å². The maximum atomic E-state index is 4.03. The predicted octanol–water partition coefficient (Wildman–Crippen LogP) is 1.45. The molecule has 0 aliphatic heterocycles. The standard InChI is InChI=1S/C8H10N4/c1-9-8-5-7(11-12-8)6-3-2-4-10-6/h2-5,10H,1H3,(H2,9,11,12). The van der Waals surface area contributed by atoms with Gasteiger partial charge in [-0.3, -0.25) is 5.10 Å². The van der Waals surface area contributed by atoms with Crippen LogP contribution in [-0.2, 0) is 0 Å². The molecule has 0 aromatic carbocycles. The van der Waals surface area contributed by atoms with Crippen LogP contribution in [0.5, 0.6) is 0 Å². The Labute approximate surface area is 70.0 Å². The third-order valence-electron chi connectivity index (χ3n) is 1.72. The fourth-order valence-electron chi connectivity index (χ4n) is 1.09. The van der Waals surface area contributed by atoms with Crippen molar-refractivity contribution in [3.8, 4) is 11.4 Å². The van der Waals surface area contributed by atoms with Crippen LogP contribution in [0.4, 0.5) is 5.82 Å². The molecule has 0 aliphatic carbocycles. The lowest BCUT2D eigenvalue weighted by Gasteiger charge is -1.88. The average molecular weight is 162 g/mol. The summed E-state index contributed by atoms with van der Waals surface area (Å²) in [5, 5.41) is 9.90. The number of hydrogen-bond donors (Lipinski definition) is 3. The molecule has 0 saturated heterocycles. The lowest BCUT2D eigenvalue weighted by molar-refractivity contribution is 1.09. The zero-order chi connectivity index (χ0) is 8.39. The van der Waals surface area contributed by atoms with E-state index in [1.165, 1.54) is 0 Å². The molecule has 0 unspecified atom stereocenters. The van der Waals surface area contributed by atoms with Crippen LogP contribution in [0.1, 0.15) is 0 Å². The number of H-pyrrole nitrogens is 2. The first-order valence-corrected chi connectivity index (χ1v) is 3.77. The fourth-order valence-corrected chi connectivity index (χ4v) is 1.09. The highest BCUT2D eigenvalue weighted by Crippen LogP contribution is 2.16. The third kappa shape index (κ3) is 1.07. The van der Waals surface area contributed by atoms with Crippen LogP contribution in [0.25, 0.3) is 11.4 Å². The van der Waals surface area contributed by atoms with Crippen LogP contribution in [0, 0.1) is 0 Å². The van der Waals surface area contributed by atoms with Crippen LogP contribution in [-0.4, -0.2) is 22.2 Å². The smallest absolute Gasteiger partial charge is 0.148 e. The molecule has 0 bridgehead atoms. The normalized spacial score (nSPS) is 10.1. The Bertz CT molecular complexity index is 347. The van der Waals surface area contributed by atoms with Gasteiger partial charge in [0.1, 0.15) is 5.82 Å². The molecule has 2 rings (SSSR count). The molecule has 0 atom stereocenters. The minimum atomic E-state index is 0.847. The second kappa shape index (κ2) is 2.73. The number of rotatable bonds is 2. The summed E-state index contributed by atoms with van der Waals surface area (Å²) in [5.74, 6) is 0.847. The van der Waals surface area contributed by atoms with Crippen molar-refractivity contribution in [1.82, 2.24) is 15.2 Å². The Morgan fingerprint density at radius 2 is 2.33 bits per heavy atom. The minimum absolute atomic E-state index is 0.847. The Morgan fingerprint density at radius 3 is 2.92 bits per heavy atom. The zero-order valence-electron chi connectivity index (χ0n) is 6.76. The van der Waals surface area contributed by atoms with E-state index in [0.29, 0.717) is 0 Å². The molecule has 3 N–H and O–H groups in total. The summed E-state index contributed by atoms with van der Waals surface area (Å²) in [4.78, 5) is 3.09. The van der Waals surface area contributed by atoms with Crippen molar-refractivity contribution < 1.29 is 0 Å². The predicted molar refractivity (Wildman–Crippen MR) is 47.9 cm³/mol. The van der Waals surface area contributed by atoms with Gasteiger partial charge in [-0.15, -0.1) is 0 Å². The average Bonchev–Trinajstić information content (AvgIpc) is 2.75. The van der Waals surface area contributed by atoms with Crippen LogP contribution >= 0.6 is 0 Å². The second-order valence-corrected chi connectivity index (χ2v) is 2.50. The molecule has 0 amide bonds. The maximum Gasteiger partial charge on any atom is 0.148 e. The Kier molecular flexibility index (Phi) is 1.59. The number of aromatic nitrogens is 3. The van der Waals surface area contributed by atoms with E-state index in [2.05, 4.69) is 20.5 Å². The molecule has 4 nitrogen and oxygen atoms in total. The molecule has 0 aliphatic rings. The van der Waals surface area contributed by atoms with Gasteiger partial charge in [0.2, 0.25) is 0 Å². The minimum Gasteiger partial charge on any atom is -0.372 e. The quantitative estimate of drug-likeness (QED) is 0.626. The molecule has 62 valence electrons. The van der Waals surface area contributed by atoms with Crippen molar-refractivity contribution in [3.05, 3.63) is 24.4 Å². The van der Waals surface area contributed by atoms with Crippen LogP contribution < -0.4 is 5.32 Å². The van der Waals surface area contributed by atoms with Gasteiger partial charge in [0.25, 0.3) is 0 Å². The molecule has 0 fully saturated rings. The second-order valence-electron chi connectivity index (χ2n) is 2.50. The molecule has 0 saturated carbocycles. The first-order chi connectivity index (χ1) is 5.90. The Morgan fingerprint density at radius 1 is 1.42 bits per heavy atom. The largest absolute Gasteiger partial charge is 0.372 e. The Hall–Kier alpha value is -1.71. The van der Waals surface area contributed by atoms with Gasteiger partial charge < -0.3 is 10.3 Å². The lowest BCUT2D eigenvalue weighted by Crippen LogP contribution is -1.85. The molecule has 0 spiro atoms. The van der Waals surface area contributed by atoms with Crippen molar-refractivity contribution in [2.75, 3.05) is 12.4 Å². The zero-order valence-corrected chi connectivity index (χ0v) is 6.76. The van der Waals surface area contributed by atoms with Gasteiger partial charge in [0.15, 0.2) is 0 Å². The Balaban J connectivity index is 2.35. The highest BCUT2D eigenvalue weighted by atomic mass is 15.2. The van der Waals surface area contributed by atoms with Crippen molar-refractivity contribution in [3.63, 3.8) is 0 Å². The van der Waals surface area contributed by atoms with E-state index in [1.54, 1.807) is 0 Å². The summed E-state index contributed by atoms with van der Waals surface area (Å²) in [7, 11) is 1.84. The van der Waals surface area contributed by atoms with E-state index in [-0.39, 0.29) is 0 Å². The van der Waals surface area contributed by atoms with Crippen LogP contribution in [0.15, 0.2) is 24.4 Å². The molecule has 2 aromatic rings. The van der Waals surface area contributed by atoms with Gasteiger partial charge in [-0.2, -0.15) is 5.10 Å². The van der Waals surface area contributed by atoms with E-state index in [1.807, 2.05) is 31.4 Å².